The lowest BCUT2D eigenvalue weighted by Crippen LogP contribution is -2.29. The van der Waals surface area contributed by atoms with E-state index in [0.29, 0.717) is 22.2 Å². The van der Waals surface area contributed by atoms with E-state index in [1.807, 2.05) is 0 Å². The minimum absolute atomic E-state index is 0.258. The number of nitrogen functional groups attached to an aromatic ring is 1. The number of hydrogen-bond donors (Lipinski definition) is 3. The number of nitrogens with zero attached hydrogens (tertiary/aromatic N) is 1. The van der Waals surface area contributed by atoms with E-state index in [2.05, 4.69) is 32.2 Å². The summed E-state index contributed by atoms with van der Waals surface area (Å²) in [5.74, 6) is -0.353. The molecule has 1 atom stereocenters. The molecule has 0 spiro atoms. The molecule has 0 bridgehead atoms. The number of primary amides is 1. The number of thiophene rings is 1. The van der Waals surface area contributed by atoms with Crippen LogP contribution in [-0.2, 0) is 12.8 Å². The van der Waals surface area contributed by atoms with Crippen LogP contribution in [0.15, 0.2) is 30.3 Å². The summed E-state index contributed by atoms with van der Waals surface area (Å²) >= 11 is 1.28. The Balaban J connectivity index is 1.66. The van der Waals surface area contributed by atoms with Crippen molar-refractivity contribution in [3.05, 3.63) is 52.0 Å². The molecular formula is C24H28N4O2S. The number of carbonyl (C=O) groups excluding carboxylic acids is 2. The molecule has 162 valence electrons. The van der Waals surface area contributed by atoms with Crippen molar-refractivity contribution in [2.24, 2.45) is 17.1 Å². The molecule has 0 fully saturated rings. The first-order valence-electron chi connectivity index (χ1n) is 10.6. The zero-order valence-corrected chi connectivity index (χ0v) is 18.9. The van der Waals surface area contributed by atoms with Gasteiger partial charge in [-0.05, 0) is 54.4 Å². The van der Waals surface area contributed by atoms with E-state index in [1.165, 1.54) is 16.9 Å². The highest BCUT2D eigenvalue weighted by atomic mass is 32.1. The van der Waals surface area contributed by atoms with Gasteiger partial charge in [-0.15, -0.1) is 11.3 Å². The molecular weight excluding hydrogens is 408 g/mol. The normalized spacial score (nSPS) is 16.2. The van der Waals surface area contributed by atoms with Crippen molar-refractivity contribution in [2.75, 3.05) is 11.1 Å². The largest absolute Gasteiger partial charge is 0.397 e. The van der Waals surface area contributed by atoms with Crippen molar-refractivity contribution < 1.29 is 9.59 Å². The minimum Gasteiger partial charge on any atom is -0.397 e. The van der Waals surface area contributed by atoms with Gasteiger partial charge in [0.1, 0.15) is 9.71 Å². The van der Waals surface area contributed by atoms with Gasteiger partial charge < -0.3 is 16.8 Å². The second kappa shape index (κ2) is 7.96. The predicted molar refractivity (Wildman–Crippen MR) is 127 cm³/mol. The minimum atomic E-state index is -0.598. The van der Waals surface area contributed by atoms with E-state index >= 15 is 0 Å². The molecule has 31 heavy (non-hydrogen) atoms. The summed E-state index contributed by atoms with van der Waals surface area (Å²) in [4.78, 5) is 30.6. The average Bonchev–Trinajstić information content (AvgIpc) is 3.07. The number of carbonyl (C=O) groups is 2. The number of amides is 2. The highest BCUT2D eigenvalue weighted by Gasteiger charge is 2.32. The van der Waals surface area contributed by atoms with Crippen LogP contribution in [0.5, 0.6) is 0 Å². The lowest BCUT2D eigenvalue weighted by molar-refractivity contribution is 0.100. The Morgan fingerprint density at radius 1 is 1.29 bits per heavy atom. The van der Waals surface area contributed by atoms with Gasteiger partial charge >= 0.3 is 0 Å². The molecule has 2 amide bonds. The Morgan fingerprint density at radius 2 is 2.03 bits per heavy atom. The summed E-state index contributed by atoms with van der Waals surface area (Å²) in [5, 5.41) is 3.60. The lowest BCUT2D eigenvalue weighted by atomic mass is 9.69. The lowest BCUT2D eigenvalue weighted by Gasteiger charge is -2.36. The first-order chi connectivity index (χ1) is 14.7. The molecule has 2 aromatic heterocycles. The third-order valence-electron chi connectivity index (χ3n) is 6.75. The maximum absolute atomic E-state index is 13.0. The van der Waals surface area contributed by atoms with Gasteiger partial charge in [0, 0.05) is 11.1 Å². The van der Waals surface area contributed by atoms with Crippen LogP contribution >= 0.6 is 11.3 Å². The Hall–Kier alpha value is -2.93. The summed E-state index contributed by atoms with van der Waals surface area (Å²) in [7, 11) is 0. The molecule has 1 aromatic carbocycles. The van der Waals surface area contributed by atoms with Gasteiger partial charge in [-0.25, -0.2) is 4.98 Å². The molecule has 2 heterocycles. The predicted octanol–water partition coefficient (Wildman–Crippen LogP) is 4.77. The number of pyridine rings is 1. The molecule has 1 aliphatic rings. The average molecular weight is 437 g/mol. The molecule has 0 saturated heterocycles. The quantitative estimate of drug-likeness (QED) is 0.535. The summed E-state index contributed by atoms with van der Waals surface area (Å²) in [6.45, 7) is 6.91. The summed E-state index contributed by atoms with van der Waals surface area (Å²) in [6, 6.07) is 8.78. The number of nitrogens with one attached hydrogen (secondary N) is 1. The van der Waals surface area contributed by atoms with Gasteiger partial charge in [0.2, 0.25) is 0 Å². The van der Waals surface area contributed by atoms with Crippen LogP contribution in [0.1, 0.15) is 64.9 Å². The van der Waals surface area contributed by atoms with Crippen molar-refractivity contribution in [1.29, 1.82) is 0 Å². The molecule has 7 heteroatoms. The van der Waals surface area contributed by atoms with Crippen LogP contribution in [0.2, 0.25) is 0 Å². The van der Waals surface area contributed by atoms with Crippen LogP contribution in [0.25, 0.3) is 10.2 Å². The first-order valence-corrected chi connectivity index (χ1v) is 11.4. The van der Waals surface area contributed by atoms with Crippen molar-refractivity contribution in [3.8, 4) is 0 Å². The Morgan fingerprint density at radius 3 is 2.74 bits per heavy atom. The van der Waals surface area contributed by atoms with E-state index in [4.69, 9.17) is 16.5 Å². The molecule has 0 saturated carbocycles. The van der Waals surface area contributed by atoms with Gasteiger partial charge in [-0.3, -0.25) is 9.59 Å². The summed E-state index contributed by atoms with van der Waals surface area (Å²) < 4.78 is 0. The van der Waals surface area contributed by atoms with E-state index in [-0.39, 0.29) is 16.9 Å². The molecule has 1 aliphatic carbocycles. The monoisotopic (exact) mass is 436 g/mol. The fourth-order valence-corrected chi connectivity index (χ4v) is 5.29. The number of aromatic nitrogens is 1. The van der Waals surface area contributed by atoms with Crippen LogP contribution < -0.4 is 16.8 Å². The highest BCUT2D eigenvalue weighted by molar-refractivity contribution is 7.21. The van der Waals surface area contributed by atoms with Crippen LogP contribution in [-0.4, -0.2) is 16.8 Å². The number of anilines is 2. The molecule has 0 unspecified atom stereocenters. The third kappa shape index (κ3) is 3.90. The number of nitrogens with two attached hydrogens (primary N) is 2. The Bertz CT molecular complexity index is 1180. The third-order valence-corrected chi connectivity index (χ3v) is 7.86. The van der Waals surface area contributed by atoms with Crippen molar-refractivity contribution >= 4 is 44.7 Å². The fourth-order valence-electron chi connectivity index (χ4n) is 4.30. The molecule has 3 aromatic rings. The number of hydrogen-bond acceptors (Lipinski definition) is 5. The van der Waals surface area contributed by atoms with E-state index in [1.54, 1.807) is 24.3 Å². The number of rotatable bonds is 5. The second-order valence-corrected chi connectivity index (χ2v) is 9.94. The van der Waals surface area contributed by atoms with Gasteiger partial charge in [-0.2, -0.15) is 0 Å². The number of para-hydroxylation sites is 1. The maximum atomic E-state index is 13.0. The summed E-state index contributed by atoms with van der Waals surface area (Å²) in [6.07, 6.45) is 4.21. The molecule has 0 aliphatic heterocycles. The first kappa shape index (κ1) is 21.3. The Labute approximate surface area is 186 Å². The van der Waals surface area contributed by atoms with Crippen molar-refractivity contribution in [2.45, 2.75) is 46.5 Å². The number of benzene rings is 1. The zero-order valence-electron chi connectivity index (χ0n) is 18.1. The van der Waals surface area contributed by atoms with Crippen LogP contribution in [0, 0.1) is 11.3 Å². The molecule has 6 nitrogen and oxygen atoms in total. The van der Waals surface area contributed by atoms with Gasteiger partial charge in [0.05, 0.1) is 16.9 Å². The van der Waals surface area contributed by atoms with Gasteiger partial charge in [0.25, 0.3) is 11.8 Å². The van der Waals surface area contributed by atoms with Crippen LogP contribution in [0.4, 0.5) is 11.4 Å². The van der Waals surface area contributed by atoms with Gasteiger partial charge in [-0.1, -0.05) is 39.3 Å². The van der Waals surface area contributed by atoms with Crippen molar-refractivity contribution in [3.63, 3.8) is 0 Å². The zero-order chi connectivity index (χ0) is 22.3. The topological polar surface area (TPSA) is 111 Å². The molecule has 0 radical (unpaired) electrons. The summed E-state index contributed by atoms with van der Waals surface area (Å²) in [5.41, 5.74) is 15.5. The standard InChI is InChI=1S/C24H28N4O2S/c1-4-24(2,3)14-9-10-17-13(11-14)12-16-19(25)20(31-23(16)28-17)22(30)27-18-8-6-5-7-15(18)21(26)29/h5-8,12,14H,4,9-11,25H2,1-3H3,(H2,26,29)(H,27,30)/t14-/m0/s1. The van der Waals surface area contributed by atoms with E-state index < -0.39 is 5.91 Å². The smallest absolute Gasteiger partial charge is 0.267 e. The van der Waals surface area contributed by atoms with E-state index in [0.717, 1.165) is 41.6 Å². The second-order valence-electron chi connectivity index (χ2n) is 8.94. The number of fused-ring (bicyclic) bond motifs is 2. The van der Waals surface area contributed by atoms with E-state index in [9.17, 15) is 9.59 Å². The SMILES string of the molecule is CCC(C)(C)[C@H]1CCc2nc3sc(C(=O)Nc4ccccc4C(N)=O)c(N)c3cc2C1. The highest BCUT2D eigenvalue weighted by Crippen LogP contribution is 2.42. The molecule has 4 rings (SSSR count). The van der Waals surface area contributed by atoms with Crippen LogP contribution in [0.3, 0.4) is 0 Å². The Kier molecular flexibility index (Phi) is 5.47. The molecule has 5 N–H and O–H groups in total. The van der Waals surface area contributed by atoms with Crippen molar-refractivity contribution in [1.82, 2.24) is 4.98 Å². The fraction of sp³-hybridized carbons (Fsp3) is 0.375. The number of aryl methyl sites for hydroxylation is 1. The maximum Gasteiger partial charge on any atom is 0.267 e. The van der Waals surface area contributed by atoms with Gasteiger partial charge in [0.15, 0.2) is 0 Å².